The Morgan fingerprint density at radius 1 is 2.00 bits per heavy atom. The Morgan fingerprint density at radius 2 is 2.64 bits per heavy atom. The minimum Gasteiger partial charge on any atom is -0.454 e. The summed E-state index contributed by atoms with van der Waals surface area (Å²) in [5, 5.41) is 8.69. The minimum atomic E-state index is -0.528. The number of esters is 1. The molecule has 1 aliphatic heterocycles. The van der Waals surface area contributed by atoms with Gasteiger partial charge >= 0.3 is 5.97 Å². The number of carbonyl (C=O) groups excluding carboxylic acids is 1. The first kappa shape index (κ1) is 8.23. The van der Waals surface area contributed by atoms with Crippen LogP contribution in [0.5, 0.6) is 0 Å². The maximum absolute atomic E-state index is 10.6. The summed E-state index contributed by atoms with van der Waals surface area (Å²) in [5.41, 5.74) is 0. The predicted molar refractivity (Wildman–Crippen MR) is 36.9 cm³/mol. The number of hydrogen-bond acceptors (Lipinski definition) is 4. The van der Waals surface area contributed by atoms with E-state index in [4.69, 9.17) is 14.6 Å². The second-order valence-corrected chi connectivity index (χ2v) is 2.23. The van der Waals surface area contributed by atoms with Crippen LogP contribution >= 0.6 is 0 Å². The van der Waals surface area contributed by atoms with Crippen LogP contribution in [0.2, 0.25) is 0 Å². The molecule has 1 rings (SSSR count). The van der Waals surface area contributed by atoms with Crippen molar-refractivity contribution in [3.05, 3.63) is 12.7 Å². The first-order valence-corrected chi connectivity index (χ1v) is 3.33. The molecule has 1 aliphatic rings. The van der Waals surface area contributed by atoms with E-state index in [-0.39, 0.29) is 12.7 Å². The van der Waals surface area contributed by atoms with Gasteiger partial charge in [-0.25, -0.2) is 4.79 Å². The number of rotatable bonds is 4. The Balaban J connectivity index is 2.30. The first-order chi connectivity index (χ1) is 5.27. The van der Waals surface area contributed by atoms with E-state index in [2.05, 4.69) is 6.58 Å². The van der Waals surface area contributed by atoms with Crippen molar-refractivity contribution in [2.45, 2.75) is 12.2 Å². The van der Waals surface area contributed by atoms with Crippen LogP contribution < -0.4 is 0 Å². The lowest BCUT2D eigenvalue weighted by molar-refractivity contribution is -0.146. The summed E-state index contributed by atoms with van der Waals surface area (Å²) in [7, 11) is 0. The summed E-state index contributed by atoms with van der Waals surface area (Å²) in [6.45, 7) is 3.58. The molecule has 1 saturated heterocycles. The van der Waals surface area contributed by atoms with Gasteiger partial charge in [-0.3, -0.25) is 0 Å². The lowest BCUT2D eigenvalue weighted by atomic mass is 10.3. The van der Waals surface area contributed by atoms with Crippen molar-refractivity contribution in [1.82, 2.24) is 0 Å². The molecule has 0 aromatic carbocycles. The van der Waals surface area contributed by atoms with E-state index in [9.17, 15) is 4.79 Å². The van der Waals surface area contributed by atoms with E-state index in [0.29, 0.717) is 6.61 Å². The molecule has 0 bridgehead atoms. The lowest BCUT2D eigenvalue weighted by Gasteiger charge is -2.10. The van der Waals surface area contributed by atoms with Gasteiger partial charge in [0.1, 0.15) is 6.10 Å². The van der Waals surface area contributed by atoms with Gasteiger partial charge in [0.25, 0.3) is 0 Å². The van der Waals surface area contributed by atoms with Gasteiger partial charge in [0.05, 0.1) is 13.2 Å². The molecule has 4 heteroatoms. The second kappa shape index (κ2) is 3.50. The molecule has 2 atom stereocenters. The monoisotopic (exact) mass is 158 g/mol. The molecule has 0 spiro atoms. The number of aliphatic hydroxyl groups is 1. The summed E-state index contributed by atoms with van der Waals surface area (Å²) >= 11 is 0. The minimum absolute atomic E-state index is 0.121. The van der Waals surface area contributed by atoms with Gasteiger partial charge in [-0.2, -0.15) is 0 Å². The maximum Gasteiger partial charge on any atom is 0.330 e. The fraction of sp³-hybridized carbons (Fsp3) is 0.571. The highest BCUT2D eigenvalue weighted by Crippen LogP contribution is 2.16. The maximum atomic E-state index is 10.6. The Bertz CT molecular complexity index is 162. The number of ether oxygens (including phenoxy) is 2. The summed E-state index contributed by atoms with van der Waals surface area (Å²) in [4.78, 5) is 10.6. The van der Waals surface area contributed by atoms with Crippen LogP contribution in [0.4, 0.5) is 0 Å². The molecule has 4 nitrogen and oxygen atoms in total. The van der Waals surface area contributed by atoms with E-state index in [1.54, 1.807) is 0 Å². The quantitative estimate of drug-likeness (QED) is 0.339. The lowest BCUT2D eigenvalue weighted by Crippen LogP contribution is -2.26. The van der Waals surface area contributed by atoms with Crippen LogP contribution in [-0.4, -0.2) is 36.5 Å². The van der Waals surface area contributed by atoms with Crippen LogP contribution in [0.25, 0.3) is 0 Å². The summed E-state index contributed by atoms with van der Waals surface area (Å²) in [5.74, 6) is -0.528. The Kier molecular flexibility index (Phi) is 2.62. The van der Waals surface area contributed by atoms with E-state index in [1.807, 2.05) is 0 Å². The molecule has 1 N–H and O–H groups in total. The van der Waals surface area contributed by atoms with Crippen LogP contribution in [0, 0.1) is 0 Å². The third-order valence-corrected chi connectivity index (χ3v) is 1.39. The molecular weight excluding hydrogens is 148 g/mol. The molecule has 1 heterocycles. The number of carbonyl (C=O) groups is 1. The average molecular weight is 158 g/mol. The molecule has 0 aromatic rings. The highest BCUT2D eigenvalue weighted by molar-refractivity contribution is 5.81. The van der Waals surface area contributed by atoms with Crippen LogP contribution in [0.3, 0.4) is 0 Å². The van der Waals surface area contributed by atoms with Crippen molar-refractivity contribution >= 4 is 5.97 Å². The summed E-state index contributed by atoms with van der Waals surface area (Å²) in [6.07, 6.45) is 0.412. The first-order valence-electron chi connectivity index (χ1n) is 3.33. The fourth-order valence-corrected chi connectivity index (χ4v) is 0.698. The predicted octanol–water partition coefficient (Wildman–Crippen LogP) is -0.525. The van der Waals surface area contributed by atoms with E-state index in [1.165, 1.54) is 0 Å². The number of epoxide rings is 1. The second-order valence-electron chi connectivity index (χ2n) is 2.23. The largest absolute Gasteiger partial charge is 0.454 e. The van der Waals surface area contributed by atoms with Crippen molar-refractivity contribution in [2.24, 2.45) is 0 Å². The van der Waals surface area contributed by atoms with Gasteiger partial charge in [-0.1, -0.05) is 6.58 Å². The number of hydrogen-bond donors (Lipinski definition) is 1. The molecule has 0 radical (unpaired) electrons. The molecule has 2 unspecified atom stereocenters. The van der Waals surface area contributed by atoms with Gasteiger partial charge in [-0.05, 0) is 0 Å². The standard InChI is InChI=1S/C7H10O4/c1-2-7(9)11-5(3-8)6-4-10-6/h2,5-6,8H,1,3-4H2. The highest BCUT2D eigenvalue weighted by atomic mass is 16.6. The molecule has 62 valence electrons. The van der Waals surface area contributed by atoms with E-state index < -0.39 is 12.1 Å². The van der Waals surface area contributed by atoms with Crippen LogP contribution in [0.15, 0.2) is 12.7 Å². The molecule has 0 aromatic heterocycles. The van der Waals surface area contributed by atoms with Crippen LogP contribution in [-0.2, 0) is 14.3 Å². The van der Waals surface area contributed by atoms with Crippen molar-refractivity contribution in [2.75, 3.05) is 13.2 Å². The van der Waals surface area contributed by atoms with Crippen molar-refractivity contribution in [3.8, 4) is 0 Å². The molecular formula is C7H10O4. The Hall–Kier alpha value is -0.870. The van der Waals surface area contributed by atoms with Gasteiger partial charge < -0.3 is 14.6 Å². The molecule has 0 aliphatic carbocycles. The van der Waals surface area contributed by atoms with Gasteiger partial charge in [0.15, 0.2) is 6.10 Å². The average Bonchev–Trinajstić information content (AvgIpc) is 2.82. The van der Waals surface area contributed by atoms with E-state index >= 15 is 0 Å². The van der Waals surface area contributed by atoms with Crippen molar-refractivity contribution < 1.29 is 19.4 Å². The zero-order valence-electron chi connectivity index (χ0n) is 6.03. The third-order valence-electron chi connectivity index (χ3n) is 1.39. The molecule has 0 amide bonds. The van der Waals surface area contributed by atoms with Crippen molar-refractivity contribution in [3.63, 3.8) is 0 Å². The Morgan fingerprint density at radius 3 is 3.00 bits per heavy atom. The molecule has 0 saturated carbocycles. The molecule has 1 fully saturated rings. The Labute approximate surface area is 64.4 Å². The van der Waals surface area contributed by atoms with Gasteiger partial charge in [-0.15, -0.1) is 0 Å². The third kappa shape index (κ3) is 2.32. The summed E-state index contributed by atoms with van der Waals surface area (Å²) < 4.78 is 9.58. The smallest absolute Gasteiger partial charge is 0.330 e. The SMILES string of the molecule is C=CC(=O)OC(CO)C1CO1. The zero-order valence-corrected chi connectivity index (χ0v) is 6.03. The summed E-state index contributed by atoms with van der Waals surface area (Å²) in [6, 6.07) is 0. The van der Waals surface area contributed by atoms with Crippen molar-refractivity contribution in [1.29, 1.82) is 0 Å². The normalized spacial score (nSPS) is 23.9. The highest BCUT2D eigenvalue weighted by Gasteiger charge is 2.34. The van der Waals surface area contributed by atoms with Gasteiger partial charge in [0.2, 0.25) is 0 Å². The van der Waals surface area contributed by atoms with Crippen LogP contribution in [0.1, 0.15) is 0 Å². The fourth-order valence-electron chi connectivity index (χ4n) is 0.698. The number of aliphatic hydroxyl groups excluding tert-OH is 1. The topological polar surface area (TPSA) is 59.1 Å². The van der Waals surface area contributed by atoms with E-state index in [0.717, 1.165) is 6.08 Å². The zero-order chi connectivity index (χ0) is 8.27. The molecule has 11 heavy (non-hydrogen) atoms. The van der Waals surface area contributed by atoms with Gasteiger partial charge in [0, 0.05) is 6.08 Å².